The lowest BCUT2D eigenvalue weighted by atomic mass is 9.90. The number of hydrogen-bond acceptors (Lipinski definition) is 5. The first kappa shape index (κ1) is 15.9. The normalized spacial score (nSPS) is 21.5. The van der Waals surface area contributed by atoms with Crippen LogP contribution in [0.2, 0.25) is 0 Å². The minimum Gasteiger partial charge on any atom is -0.375 e. The number of aryl methyl sites for hydroxylation is 1. The number of aromatic nitrogens is 3. The third-order valence-corrected chi connectivity index (χ3v) is 4.89. The fourth-order valence-electron chi connectivity index (χ4n) is 3.29. The van der Waals surface area contributed by atoms with Gasteiger partial charge in [-0.15, -0.1) is 0 Å². The van der Waals surface area contributed by atoms with E-state index >= 15 is 0 Å². The van der Waals surface area contributed by atoms with Gasteiger partial charge in [-0.3, -0.25) is 9.48 Å². The van der Waals surface area contributed by atoms with Crippen LogP contribution in [-0.2, 0) is 16.5 Å². The standard InChI is InChI=1S/C18H20N4O3/c1-13-18(11-24-12-18)25-6-5-22(13)16-7-14(8-19-17(16)23)3-4-15-9-20-21(2)10-15/h7-10,13H,5-6,11-12H2,1-2H3,(H,19,23). The van der Waals surface area contributed by atoms with Gasteiger partial charge in [0.15, 0.2) is 0 Å². The van der Waals surface area contributed by atoms with Crippen molar-refractivity contribution in [3.8, 4) is 11.8 Å². The Morgan fingerprint density at radius 1 is 1.36 bits per heavy atom. The van der Waals surface area contributed by atoms with Crippen LogP contribution in [0.5, 0.6) is 0 Å². The molecule has 2 aromatic rings. The molecule has 1 atom stereocenters. The third-order valence-electron chi connectivity index (χ3n) is 4.89. The Morgan fingerprint density at radius 3 is 2.84 bits per heavy atom. The quantitative estimate of drug-likeness (QED) is 0.766. The van der Waals surface area contributed by atoms with E-state index in [4.69, 9.17) is 9.47 Å². The van der Waals surface area contributed by atoms with Gasteiger partial charge in [0.1, 0.15) is 11.3 Å². The Hall–Kier alpha value is -2.56. The number of hydrogen-bond donors (Lipinski definition) is 1. The van der Waals surface area contributed by atoms with E-state index in [1.54, 1.807) is 17.1 Å². The second kappa shape index (κ2) is 6.06. The molecule has 4 rings (SSSR count). The minimum atomic E-state index is -0.303. The summed E-state index contributed by atoms with van der Waals surface area (Å²) in [6.45, 7) is 4.48. The molecular weight excluding hydrogens is 320 g/mol. The Morgan fingerprint density at radius 2 is 2.16 bits per heavy atom. The number of nitrogens with one attached hydrogen (secondary N) is 1. The van der Waals surface area contributed by atoms with Gasteiger partial charge in [0, 0.05) is 31.5 Å². The number of ether oxygens (including phenoxy) is 2. The number of H-pyrrole nitrogens is 1. The predicted molar refractivity (Wildman–Crippen MR) is 92.6 cm³/mol. The molecule has 2 aromatic heterocycles. The number of pyridine rings is 1. The highest BCUT2D eigenvalue weighted by atomic mass is 16.6. The van der Waals surface area contributed by atoms with E-state index in [9.17, 15) is 4.79 Å². The maximum Gasteiger partial charge on any atom is 0.271 e. The topological polar surface area (TPSA) is 72.4 Å². The zero-order chi connectivity index (χ0) is 17.4. The molecule has 0 radical (unpaired) electrons. The van der Waals surface area contributed by atoms with Gasteiger partial charge in [-0.2, -0.15) is 5.10 Å². The smallest absolute Gasteiger partial charge is 0.271 e. The second-order valence-corrected chi connectivity index (χ2v) is 6.53. The molecule has 1 unspecified atom stereocenters. The van der Waals surface area contributed by atoms with E-state index < -0.39 is 0 Å². The highest BCUT2D eigenvalue weighted by molar-refractivity contribution is 5.53. The zero-order valence-corrected chi connectivity index (χ0v) is 14.3. The molecule has 2 aliphatic heterocycles. The van der Waals surface area contributed by atoms with Crippen molar-refractivity contribution in [1.82, 2.24) is 14.8 Å². The fraction of sp³-hybridized carbons (Fsp3) is 0.444. The largest absolute Gasteiger partial charge is 0.375 e. The monoisotopic (exact) mass is 340 g/mol. The maximum absolute atomic E-state index is 12.4. The molecule has 2 saturated heterocycles. The zero-order valence-electron chi connectivity index (χ0n) is 14.3. The minimum absolute atomic E-state index is 0.0673. The molecule has 1 spiro atoms. The van der Waals surface area contributed by atoms with Gasteiger partial charge in [-0.05, 0) is 13.0 Å². The molecule has 2 aliphatic rings. The summed E-state index contributed by atoms with van der Waals surface area (Å²) in [5.41, 5.74) is 1.80. The summed E-state index contributed by atoms with van der Waals surface area (Å²) in [6.07, 6.45) is 5.20. The first-order chi connectivity index (χ1) is 12.1. The Kier molecular flexibility index (Phi) is 3.86. The van der Waals surface area contributed by atoms with Gasteiger partial charge in [0.2, 0.25) is 0 Å². The van der Waals surface area contributed by atoms with Crippen molar-refractivity contribution >= 4 is 5.69 Å². The van der Waals surface area contributed by atoms with Crippen LogP contribution in [0.3, 0.4) is 0 Å². The van der Waals surface area contributed by atoms with Crippen LogP contribution in [0.1, 0.15) is 18.1 Å². The van der Waals surface area contributed by atoms with Crippen LogP contribution >= 0.6 is 0 Å². The predicted octanol–water partition coefficient (Wildman–Crippen LogP) is 0.502. The lowest BCUT2D eigenvalue weighted by Gasteiger charge is -2.53. The van der Waals surface area contributed by atoms with E-state index in [2.05, 4.69) is 33.7 Å². The molecule has 4 heterocycles. The Labute approximate surface area is 145 Å². The van der Waals surface area contributed by atoms with Crippen LogP contribution < -0.4 is 10.5 Å². The molecule has 2 fully saturated rings. The molecule has 0 amide bonds. The van der Waals surface area contributed by atoms with Gasteiger partial charge in [0.05, 0.1) is 37.6 Å². The van der Waals surface area contributed by atoms with Gasteiger partial charge in [-0.1, -0.05) is 11.8 Å². The third kappa shape index (κ3) is 2.84. The molecule has 7 nitrogen and oxygen atoms in total. The van der Waals surface area contributed by atoms with Crippen molar-refractivity contribution < 1.29 is 9.47 Å². The van der Waals surface area contributed by atoms with Crippen LogP contribution in [0, 0.1) is 11.8 Å². The summed E-state index contributed by atoms with van der Waals surface area (Å²) in [7, 11) is 1.85. The van der Waals surface area contributed by atoms with Gasteiger partial charge >= 0.3 is 0 Å². The van der Waals surface area contributed by atoms with Gasteiger partial charge < -0.3 is 19.4 Å². The van der Waals surface area contributed by atoms with Crippen molar-refractivity contribution in [2.24, 2.45) is 7.05 Å². The summed E-state index contributed by atoms with van der Waals surface area (Å²) in [5, 5.41) is 4.10. The van der Waals surface area contributed by atoms with E-state index in [0.29, 0.717) is 32.1 Å². The number of anilines is 1. The highest BCUT2D eigenvalue weighted by Gasteiger charge is 2.50. The summed E-state index contributed by atoms with van der Waals surface area (Å²) in [6, 6.07) is 1.91. The molecule has 0 bridgehead atoms. The van der Waals surface area contributed by atoms with Gasteiger partial charge in [0.25, 0.3) is 5.56 Å². The molecule has 1 N–H and O–H groups in total. The van der Waals surface area contributed by atoms with Crippen LogP contribution in [0.15, 0.2) is 29.5 Å². The molecule has 7 heteroatoms. The molecule has 0 saturated carbocycles. The van der Waals surface area contributed by atoms with Crippen molar-refractivity contribution in [2.75, 3.05) is 31.3 Å². The highest BCUT2D eigenvalue weighted by Crippen LogP contribution is 2.34. The number of rotatable bonds is 1. The first-order valence-corrected chi connectivity index (χ1v) is 8.29. The van der Waals surface area contributed by atoms with Crippen molar-refractivity contribution in [3.63, 3.8) is 0 Å². The SMILES string of the molecule is CC1N(c2cc(C#Cc3cnn(C)c3)c[nH]c2=O)CCOC12COC2. The molecule has 25 heavy (non-hydrogen) atoms. The van der Waals surface area contributed by atoms with Gasteiger partial charge in [-0.25, -0.2) is 0 Å². The summed E-state index contributed by atoms with van der Waals surface area (Å²) in [4.78, 5) is 17.3. The van der Waals surface area contributed by atoms with E-state index in [0.717, 1.165) is 11.1 Å². The lowest BCUT2D eigenvalue weighted by Crippen LogP contribution is -2.68. The molecule has 0 aromatic carbocycles. The summed E-state index contributed by atoms with van der Waals surface area (Å²) < 4.78 is 13.0. The second-order valence-electron chi connectivity index (χ2n) is 6.53. The summed E-state index contributed by atoms with van der Waals surface area (Å²) >= 11 is 0. The lowest BCUT2D eigenvalue weighted by molar-refractivity contribution is -0.228. The average molecular weight is 340 g/mol. The van der Waals surface area contributed by atoms with Crippen LogP contribution in [0.25, 0.3) is 0 Å². The number of morpholine rings is 1. The summed E-state index contributed by atoms with van der Waals surface area (Å²) in [5.74, 6) is 6.15. The maximum atomic E-state index is 12.4. The fourth-order valence-corrected chi connectivity index (χ4v) is 3.29. The molecule has 130 valence electrons. The van der Waals surface area contributed by atoms with E-state index in [-0.39, 0.29) is 17.2 Å². The van der Waals surface area contributed by atoms with Crippen LogP contribution in [-0.4, -0.2) is 52.8 Å². The Balaban J connectivity index is 1.64. The molecule has 0 aliphatic carbocycles. The van der Waals surface area contributed by atoms with Crippen molar-refractivity contribution in [3.05, 3.63) is 46.1 Å². The first-order valence-electron chi connectivity index (χ1n) is 8.29. The van der Waals surface area contributed by atoms with E-state index in [1.165, 1.54) is 0 Å². The Bertz CT molecular complexity index is 901. The van der Waals surface area contributed by atoms with Crippen LogP contribution in [0.4, 0.5) is 5.69 Å². The van der Waals surface area contributed by atoms with Crippen molar-refractivity contribution in [1.29, 1.82) is 0 Å². The molecular formula is C18H20N4O3. The number of nitrogens with zero attached hydrogens (tertiary/aromatic N) is 3. The van der Waals surface area contributed by atoms with E-state index in [1.807, 2.05) is 19.3 Å². The number of aromatic amines is 1. The average Bonchev–Trinajstić information content (AvgIpc) is 2.99. The van der Waals surface area contributed by atoms with Crippen molar-refractivity contribution in [2.45, 2.75) is 18.6 Å².